The van der Waals surface area contributed by atoms with E-state index in [2.05, 4.69) is 6.92 Å². The number of hydrogen-bond donors (Lipinski definition) is 4. The van der Waals surface area contributed by atoms with Gasteiger partial charge in [-0.05, 0) is 19.3 Å². The zero-order chi connectivity index (χ0) is 18.4. The van der Waals surface area contributed by atoms with Gasteiger partial charge in [-0.1, -0.05) is 70.9 Å². The lowest BCUT2D eigenvalue weighted by atomic mass is 10.00. The van der Waals surface area contributed by atoms with Crippen molar-refractivity contribution in [1.82, 2.24) is 0 Å². The molecule has 4 atom stereocenters. The summed E-state index contributed by atoms with van der Waals surface area (Å²) in [5, 5.41) is 38.5. The largest absolute Gasteiger partial charge is 0.481 e. The minimum Gasteiger partial charge on any atom is -0.481 e. The number of carboxylic acid groups (broad SMARTS) is 1. The van der Waals surface area contributed by atoms with Gasteiger partial charge in [0.05, 0.1) is 12.0 Å². The summed E-state index contributed by atoms with van der Waals surface area (Å²) in [5.41, 5.74) is 0. The molecule has 24 heavy (non-hydrogen) atoms. The van der Waals surface area contributed by atoms with Crippen molar-refractivity contribution < 1.29 is 25.2 Å². The van der Waals surface area contributed by atoms with Crippen LogP contribution in [0.5, 0.6) is 0 Å². The Kier molecular flexibility index (Phi) is 13.9. The van der Waals surface area contributed by atoms with Crippen molar-refractivity contribution in [2.24, 2.45) is 5.92 Å². The summed E-state index contributed by atoms with van der Waals surface area (Å²) >= 11 is 0. The minimum atomic E-state index is -1.20. The molecule has 0 rings (SSSR count). The third kappa shape index (κ3) is 11.6. The van der Waals surface area contributed by atoms with Gasteiger partial charge in [-0.2, -0.15) is 0 Å². The molecule has 0 saturated carbocycles. The monoisotopic (exact) mass is 344 g/mol. The molecule has 0 spiro atoms. The predicted molar refractivity (Wildman–Crippen MR) is 95.8 cm³/mol. The maximum absolute atomic E-state index is 10.7. The van der Waals surface area contributed by atoms with Gasteiger partial charge in [0, 0.05) is 0 Å². The fraction of sp³-hybridized carbons (Fsp3) is 0.842. The fourth-order valence-electron chi connectivity index (χ4n) is 2.53. The highest BCUT2D eigenvalue weighted by Crippen LogP contribution is 2.13. The van der Waals surface area contributed by atoms with Crippen molar-refractivity contribution >= 4 is 5.97 Å². The van der Waals surface area contributed by atoms with Crippen LogP contribution in [0.2, 0.25) is 0 Å². The van der Waals surface area contributed by atoms with E-state index in [-0.39, 0.29) is 0 Å². The van der Waals surface area contributed by atoms with E-state index >= 15 is 0 Å². The highest BCUT2D eigenvalue weighted by molar-refractivity contribution is 5.69. The minimum absolute atomic E-state index is 0.431. The van der Waals surface area contributed by atoms with Gasteiger partial charge in [0.25, 0.3) is 0 Å². The normalized spacial score (nSPS) is 16.9. The lowest BCUT2D eigenvalue weighted by Gasteiger charge is -2.20. The molecule has 0 aliphatic rings. The van der Waals surface area contributed by atoms with E-state index in [1.807, 2.05) is 0 Å². The zero-order valence-electron chi connectivity index (χ0n) is 15.2. The predicted octanol–water partition coefficient (Wildman–Crippen LogP) is 3.27. The van der Waals surface area contributed by atoms with Gasteiger partial charge >= 0.3 is 5.97 Å². The van der Waals surface area contributed by atoms with E-state index in [0.29, 0.717) is 19.3 Å². The van der Waals surface area contributed by atoms with Crippen LogP contribution < -0.4 is 0 Å². The molecule has 0 radical (unpaired) electrons. The Morgan fingerprint density at radius 3 is 2.12 bits per heavy atom. The average molecular weight is 344 g/mol. The molecule has 0 heterocycles. The summed E-state index contributed by atoms with van der Waals surface area (Å²) in [6, 6.07) is 0. The van der Waals surface area contributed by atoms with Crippen LogP contribution in [0.25, 0.3) is 0 Å². The molecule has 5 nitrogen and oxygen atoms in total. The topological polar surface area (TPSA) is 98.0 Å². The van der Waals surface area contributed by atoms with E-state index in [1.165, 1.54) is 31.8 Å². The van der Waals surface area contributed by atoms with Gasteiger partial charge in [-0.15, -0.1) is 0 Å². The summed E-state index contributed by atoms with van der Waals surface area (Å²) < 4.78 is 0. The summed E-state index contributed by atoms with van der Waals surface area (Å²) in [4.78, 5) is 10.7. The smallest absolute Gasteiger partial charge is 0.306 e. The lowest BCUT2D eigenvalue weighted by Crippen LogP contribution is -2.36. The quantitative estimate of drug-likeness (QED) is 0.270. The third-order valence-electron chi connectivity index (χ3n) is 4.37. The van der Waals surface area contributed by atoms with Crippen molar-refractivity contribution in [3.05, 3.63) is 12.2 Å². The molecule has 0 fully saturated rings. The maximum Gasteiger partial charge on any atom is 0.306 e. The second-order valence-corrected chi connectivity index (χ2v) is 6.70. The van der Waals surface area contributed by atoms with Gasteiger partial charge < -0.3 is 20.4 Å². The number of hydrogen-bond acceptors (Lipinski definition) is 4. The van der Waals surface area contributed by atoms with Crippen LogP contribution in [0.3, 0.4) is 0 Å². The molecule has 0 aromatic rings. The molecular formula is C19H36O5. The number of carboxylic acids is 1. The summed E-state index contributed by atoms with van der Waals surface area (Å²) in [7, 11) is 0. The highest BCUT2D eigenvalue weighted by Gasteiger charge is 2.22. The molecule has 0 aromatic carbocycles. The van der Waals surface area contributed by atoms with Gasteiger partial charge in [0.2, 0.25) is 0 Å². The number of carbonyl (C=O) groups is 1. The molecule has 4 N–H and O–H groups in total. The van der Waals surface area contributed by atoms with Crippen LogP contribution in [0.1, 0.15) is 78.1 Å². The Hall–Kier alpha value is -0.910. The molecule has 0 amide bonds. The fourth-order valence-corrected chi connectivity index (χ4v) is 2.53. The molecule has 0 aromatic heterocycles. The molecule has 0 bridgehead atoms. The van der Waals surface area contributed by atoms with Crippen molar-refractivity contribution in [2.45, 2.75) is 96.4 Å². The Morgan fingerprint density at radius 2 is 1.54 bits per heavy atom. The molecule has 142 valence electrons. The van der Waals surface area contributed by atoms with E-state index < -0.39 is 30.2 Å². The Morgan fingerprint density at radius 1 is 0.958 bits per heavy atom. The van der Waals surface area contributed by atoms with Crippen molar-refractivity contribution in [2.75, 3.05) is 0 Å². The van der Waals surface area contributed by atoms with Gasteiger partial charge in [0.1, 0.15) is 12.2 Å². The molecular weight excluding hydrogens is 308 g/mol. The summed E-state index contributed by atoms with van der Waals surface area (Å²) in [6.07, 6.45) is 9.32. The number of aliphatic hydroxyl groups is 3. The maximum atomic E-state index is 10.7. The Balaban J connectivity index is 3.84. The van der Waals surface area contributed by atoms with Crippen LogP contribution in [-0.4, -0.2) is 44.7 Å². The van der Waals surface area contributed by atoms with Gasteiger partial charge in [-0.3, -0.25) is 4.79 Å². The zero-order valence-corrected chi connectivity index (χ0v) is 15.2. The summed E-state index contributed by atoms with van der Waals surface area (Å²) in [5.74, 6) is -1.27. The number of rotatable bonds is 15. The van der Waals surface area contributed by atoms with Crippen molar-refractivity contribution in [3.63, 3.8) is 0 Å². The molecule has 0 aliphatic heterocycles. The van der Waals surface area contributed by atoms with E-state index in [9.17, 15) is 20.1 Å². The first-order valence-electron chi connectivity index (χ1n) is 9.33. The number of unbranched alkanes of at least 4 members (excludes halogenated alkanes) is 6. The number of allylic oxidation sites excluding steroid dienone is 1. The molecule has 5 heteroatoms. The average Bonchev–Trinajstić information content (AvgIpc) is 2.56. The van der Waals surface area contributed by atoms with Crippen LogP contribution in [0.15, 0.2) is 12.2 Å². The standard InChI is InChI=1S/C19H36O5/c1-3-4-5-6-7-8-9-13-16(20)18(22)17(21)14-11-10-12-15(2)19(23)24/h11,14-18,20-22H,3-10,12-13H2,1-2H3,(H,23,24)/b14-11-. The van der Waals surface area contributed by atoms with Crippen molar-refractivity contribution in [1.29, 1.82) is 0 Å². The van der Waals surface area contributed by atoms with Gasteiger partial charge in [0.15, 0.2) is 0 Å². The van der Waals surface area contributed by atoms with Crippen molar-refractivity contribution in [3.8, 4) is 0 Å². The van der Waals surface area contributed by atoms with Gasteiger partial charge in [-0.25, -0.2) is 0 Å². The first-order valence-corrected chi connectivity index (χ1v) is 9.33. The SMILES string of the molecule is CCCCCCCCCC(O)C(O)C(O)/C=C\CCC(C)C(=O)O. The number of aliphatic hydroxyl groups excluding tert-OH is 3. The lowest BCUT2D eigenvalue weighted by molar-refractivity contribution is -0.141. The molecule has 4 unspecified atom stereocenters. The van der Waals surface area contributed by atoms with Crippen LogP contribution >= 0.6 is 0 Å². The second kappa shape index (κ2) is 14.4. The Bertz CT molecular complexity index is 343. The third-order valence-corrected chi connectivity index (χ3v) is 4.37. The van der Waals surface area contributed by atoms with E-state index in [4.69, 9.17) is 5.11 Å². The van der Waals surface area contributed by atoms with Crippen LogP contribution in [0, 0.1) is 5.92 Å². The van der Waals surface area contributed by atoms with E-state index in [0.717, 1.165) is 19.3 Å². The Labute approximate surface area is 146 Å². The highest BCUT2D eigenvalue weighted by atomic mass is 16.4. The first kappa shape index (κ1) is 23.1. The summed E-state index contributed by atoms with van der Waals surface area (Å²) in [6.45, 7) is 3.82. The molecule has 0 saturated heterocycles. The van der Waals surface area contributed by atoms with Crippen LogP contribution in [-0.2, 0) is 4.79 Å². The molecule has 0 aliphatic carbocycles. The van der Waals surface area contributed by atoms with Crippen LogP contribution in [0.4, 0.5) is 0 Å². The second-order valence-electron chi connectivity index (χ2n) is 6.70. The number of aliphatic carboxylic acids is 1. The first-order chi connectivity index (χ1) is 11.4. The van der Waals surface area contributed by atoms with E-state index in [1.54, 1.807) is 13.0 Å².